The van der Waals surface area contributed by atoms with Crippen molar-refractivity contribution in [2.75, 3.05) is 6.54 Å². The molecule has 0 aliphatic carbocycles. The minimum atomic E-state index is 0.544. The molecule has 1 aromatic heterocycles. The van der Waals surface area contributed by atoms with E-state index < -0.39 is 0 Å². The molecule has 0 aliphatic rings. The summed E-state index contributed by atoms with van der Waals surface area (Å²) in [7, 11) is 0. The highest BCUT2D eigenvalue weighted by atomic mass is 16.5. The zero-order chi connectivity index (χ0) is 9.68. The van der Waals surface area contributed by atoms with Gasteiger partial charge in [0.15, 0.2) is 5.84 Å². The predicted molar refractivity (Wildman–Crippen MR) is 50.3 cm³/mol. The van der Waals surface area contributed by atoms with E-state index in [2.05, 4.69) is 15.6 Å². The van der Waals surface area contributed by atoms with E-state index in [1.54, 1.807) is 6.07 Å². The fourth-order valence-electron chi connectivity index (χ4n) is 0.893. The summed E-state index contributed by atoms with van der Waals surface area (Å²) in [5, 5.41) is 3.74. The number of nitrogens with zero attached hydrogens (tertiary/aromatic N) is 2. The second-order valence-electron chi connectivity index (χ2n) is 2.71. The summed E-state index contributed by atoms with van der Waals surface area (Å²) in [5.41, 5.74) is 3.30. The van der Waals surface area contributed by atoms with Crippen molar-refractivity contribution in [3.63, 3.8) is 0 Å². The van der Waals surface area contributed by atoms with E-state index in [0.717, 1.165) is 18.7 Å². The molecule has 0 unspecified atom stereocenters. The minimum Gasteiger partial charge on any atom is -0.353 e. The Kier molecular flexibility index (Phi) is 3.45. The van der Waals surface area contributed by atoms with Crippen LogP contribution in [0.2, 0.25) is 0 Å². The Morgan fingerprint density at radius 2 is 2.54 bits per heavy atom. The maximum absolute atomic E-state index is 5.29. The van der Waals surface area contributed by atoms with Crippen LogP contribution in [0.5, 0.6) is 0 Å². The van der Waals surface area contributed by atoms with Crippen molar-refractivity contribution in [1.82, 2.24) is 10.6 Å². The molecule has 5 nitrogen and oxygen atoms in total. The summed E-state index contributed by atoms with van der Waals surface area (Å²) in [6, 6.07) is 1.79. The van der Waals surface area contributed by atoms with E-state index in [1.165, 1.54) is 0 Å². The molecule has 5 heteroatoms. The number of hydrogen-bond acceptors (Lipinski definition) is 4. The summed E-state index contributed by atoms with van der Waals surface area (Å²) in [5.74, 6) is 6.41. The van der Waals surface area contributed by atoms with Gasteiger partial charge in [-0.25, -0.2) is 5.84 Å². The number of hydrazine groups is 1. The first-order valence-electron chi connectivity index (χ1n) is 4.22. The highest BCUT2D eigenvalue weighted by Crippen LogP contribution is 2.02. The number of aryl methyl sites for hydroxylation is 1. The third-order valence-electron chi connectivity index (χ3n) is 1.49. The lowest BCUT2D eigenvalue weighted by Crippen LogP contribution is -2.31. The fourth-order valence-corrected chi connectivity index (χ4v) is 0.893. The smallest absolute Gasteiger partial charge is 0.202 e. The molecular formula is C8H14N4O. The van der Waals surface area contributed by atoms with Crippen molar-refractivity contribution in [3.05, 3.63) is 17.5 Å². The molecule has 1 rings (SSSR count). The molecule has 13 heavy (non-hydrogen) atoms. The second kappa shape index (κ2) is 4.61. The lowest BCUT2D eigenvalue weighted by molar-refractivity contribution is 0.406. The van der Waals surface area contributed by atoms with Crippen molar-refractivity contribution in [2.45, 2.75) is 20.3 Å². The van der Waals surface area contributed by atoms with Crippen LogP contribution in [0.1, 0.15) is 24.8 Å². The third-order valence-corrected chi connectivity index (χ3v) is 1.49. The quantitative estimate of drug-likeness (QED) is 0.310. The normalized spacial score (nSPS) is 11.8. The van der Waals surface area contributed by atoms with Gasteiger partial charge in [-0.2, -0.15) is 0 Å². The van der Waals surface area contributed by atoms with Crippen LogP contribution in [0.4, 0.5) is 0 Å². The third kappa shape index (κ3) is 2.55. The molecule has 0 spiro atoms. The lowest BCUT2D eigenvalue weighted by atomic mass is 10.3. The van der Waals surface area contributed by atoms with E-state index >= 15 is 0 Å². The molecule has 0 bridgehead atoms. The van der Waals surface area contributed by atoms with Crippen LogP contribution in [0, 0.1) is 6.92 Å². The molecule has 0 fully saturated rings. The van der Waals surface area contributed by atoms with Gasteiger partial charge in [0.1, 0.15) is 0 Å². The number of aromatic nitrogens is 1. The highest BCUT2D eigenvalue weighted by molar-refractivity contribution is 5.95. The van der Waals surface area contributed by atoms with E-state index in [0.29, 0.717) is 11.6 Å². The first-order valence-corrected chi connectivity index (χ1v) is 4.22. The standard InChI is InChI=1S/C8H14N4O/c1-3-4-10-8(11-9)7-5-6(2)12-13-7/h5H,3-4,9H2,1-2H3,(H,10,11). The largest absolute Gasteiger partial charge is 0.353 e. The van der Waals surface area contributed by atoms with Crippen molar-refractivity contribution in [3.8, 4) is 0 Å². The van der Waals surface area contributed by atoms with Crippen LogP contribution in [0.3, 0.4) is 0 Å². The molecule has 0 amide bonds. The average Bonchev–Trinajstić information content (AvgIpc) is 2.54. The van der Waals surface area contributed by atoms with Gasteiger partial charge >= 0.3 is 0 Å². The molecular weight excluding hydrogens is 168 g/mol. The number of rotatable bonds is 3. The molecule has 0 radical (unpaired) electrons. The van der Waals surface area contributed by atoms with Crippen molar-refractivity contribution >= 4 is 5.84 Å². The summed E-state index contributed by atoms with van der Waals surface area (Å²) in [4.78, 5) is 4.19. The summed E-state index contributed by atoms with van der Waals surface area (Å²) >= 11 is 0. The Balaban J connectivity index is 2.77. The van der Waals surface area contributed by atoms with Gasteiger partial charge in [0, 0.05) is 12.6 Å². The SMILES string of the molecule is CCCN=C(NN)c1cc(C)no1. The average molecular weight is 182 g/mol. The Hall–Kier alpha value is -1.36. The Labute approximate surface area is 77.0 Å². The molecule has 1 heterocycles. The fraction of sp³-hybridized carbons (Fsp3) is 0.500. The Bertz CT molecular complexity index is 292. The molecule has 3 N–H and O–H groups in total. The van der Waals surface area contributed by atoms with Crippen LogP contribution in [0.25, 0.3) is 0 Å². The van der Waals surface area contributed by atoms with Crippen LogP contribution < -0.4 is 11.3 Å². The Morgan fingerprint density at radius 3 is 3.00 bits per heavy atom. The maximum atomic E-state index is 5.29. The van der Waals surface area contributed by atoms with Crippen molar-refractivity contribution in [1.29, 1.82) is 0 Å². The highest BCUT2D eigenvalue weighted by Gasteiger charge is 2.06. The summed E-state index contributed by atoms with van der Waals surface area (Å²) in [6.07, 6.45) is 0.971. The van der Waals surface area contributed by atoms with Gasteiger partial charge in [-0.3, -0.25) is 4.99 Å². The minimum absolute atomic E-state index is 0.544. The van der Waals surface area contributed by atoms with Crippen molar-refractivity contribution in [2.24, 2.45) is 10.8 Å². The molecule has 72 valence electrons. The van der Waals surface area contributed by atoms with E-state index in [4.69, 9.17) is 10.4 Å². The van der Waals surface area contributed by atoms with Gasteiger partial charge in [0.25, 0.3) is 0 Å². The van der Waals surface area contributed by atoms with Crippen LogP contribution in [-0.2, 0) is 0 Å². The molecule has 0 aromatic carbocycles. The van der Waals surface area contributed by atoms with Gasteiger partial charge in [0.05, 0.1) is 5.69 Å². The zero-order valence-electron chi connectivity index (χ0n) is 7.87. The lowest BCUT2D eigenvalue weighted by Gasteiger charge is -1.99. The summed E-state index contributed by atoms with van der Waals surface area (Å²) < 4.78 is 4.99. The number of aliphatic imine (C=N–C) groups is 1. The first-order chi connectivity index (χ1) is 6.27. The number of nitrogens with two attached hydrogens (primary N) is 1. The Morgan fingerprint density at radius 1 is 1.77 bits per heavy atom. The van der Waals surface area contributed by atoms with Gasteiger partial charge in [-0.15, -0.1) is 0 Å². The zero-order valence-corrected chi connectivity index (χ0v) is 7.87. The number of nitrogens with one attached hydrogen (secondary N) is 1. The maximum Gasteiger partial charge on any atom is 0.202 e. The summed E-state index contributed by atoms with van der Waals surface area (Å²) in [6.45, 7) is 4.61. The molecule has 1 aromatic rings. The monoisotopic (exact) mass is 182 g/mol. The van der Waals surface area contributed by atoms with Gasteiger partial charge in [-0.05, 0) is 13.3 Å². The second-order valence-corrected chi connectivity index (χ2v) is 2.71. The number of amidine groups is 1. The van der Waals surface area contributed by atoms with Gasteiger partial charge < -0.3 is 9.95 Å². The first kappa shape index (κ1) is 9.73. The van der Waals surface area contributed by atoms with E-state index in [1.807, 2.05) is 13.8 Å². The van der Waals surface area contributed by atoms with E-state index in [9.17, 15) is 0 Å². The molecule has 0 atom stereocenters. The number of hydrogen-bond donors (Lipinski definition) is 2. The van der Waals surface area contributed by atoms with E-state index in [-0.39, 0.29) is 0 Å². The van der Waals surface area contributed by atoms with Gasteiger partial charge in [0.2, 0.25) is 5.76 Å². The van der Waals surface area contributed by atoms with Crippen LogP contribution in [0.15, 0.2) is 15.6 Å². The topological polar surface area (TPSA) is 76.4 Å². The molecule has 0 saturated heterocycles. The van der Waals surface area contributed by atoms with Crippen LogP contribution >= 0.6 is 0 Å². The molecule has 0 aliphatic heterocycles. The molecule has 0 saturated carbocycles. The van der Waals surface area contributed by atoms with Crippen LogP contribution in [-0.4, -0.2) is 17.5 Å². The van der Waals surface area contributed by atoms with Gasteiger partial charge in [-0.1, -0.05) is 12.1 Å². The van der Waals surface area contributed by atoms with Crippen molar-refractivity contribution < 1.29 is 4.52 Å². The predicted octanol–water partition coefficient (Wildman–Crippen LogP) is 0.603.